The van der Waals surface area contributed by atoms with Crippen LogP contribution < -0.4 is 9.62 Å². The van der Waals surface area contributed by atoms with E-state index in [1.54, 1.807) is 16.9 Å². The molecule has 0 spiro atoms. The van der Waals surface area contributed by atoms with Crippen molar-refractivity contribution in [2.45, 2.75) is 49.8 Å². The second-order valence-electron chi connectivity index (χ2n) is 7.83. The summed E-state index contributed by atoms with van der Waals surface area (Å²) in [5.74, 6) is 0. The number of hydrogen-bond acceptors (Lipinski definition) is 7. The molecule has 2 fully saturated rings. The molecule has 1 aliphatic heterocycles. The van der Waals surface area contributed by atoms with Crippen molar-refractivity contribution >= 4 is 31.5 Å². The van der Waals surface area contributed by atoms with Crippen molar-refractivity contribution in [3.63, 3.8) is 0 Å². The molecule has 1 saturated carbocycles. The normalized spacial score (nSPS) is 21.2. The highest BCUT2D eigenvalue weighted by Crippen LogP contribution is 2.30. The number of aromatic nitrogens is 4. The van der Waals surface area contributed by atoms with Gasteiger partial charge in [0.15, 0.2) is 0 Å². The predicted octanol–water partition coefficient (Wildman–Crippen LogP) is 2.68. The smallest absolute Gasteiger partial charge is 0.216 e. The molecule has 154 valence electrons. The molecule has 3 aromatic rings. The van der Waals surface area contributed by atoms with Crippen molar-refractivity contribution in [1.82, 2.24) is 24.3 Å². The molecule has 5 rings (SSSR count). The van der Waals surface area contributed by atoms with Crippen molar-refractivity contribution in [1.29, 1.82) is 0 Å². The number of piperidine rings is 1. The average molecular weight is 433 g/mol. The largest absolute Gasteiger partial charge is 0.345 e. The minimum absolute atomic E-state index is 0.115. The lowest BCUT2D eigenvalue weighted by atomic mass is 10.1. The van der Waals surface area contributed by atoms with Crippen molar-refractivity contribution in [3.05, 3.63) is 30.7 Å². The topological polar surface area (TPSA) is 92.5 Å². The van der Waals surface area contributed by atoms with Crippen LogP contribution in [0.1, 0.15) is 38.5 Å². The summed E-state index contributed by atoms with van der Waals surface area (Å²) in [4.78, 5) is 11.7. The molecule has 1 aliphatic carbocycles. The minimum atomic E-state index is -3.31. The Morgan fingerprint density at radius 1 is 1.17 bits per heavy atom. The van der Waals surface area contributed by atoms with E-state index in [0.717, 1.165) is 60.0 Å². The second kappa shape index (κ2) is 7.66. The molecule has 4 heterocycles. The highest BCUT2D eigenvalue weighted by Gasteiger charge is 2.34. The molecule has 3 aromatic heterocycles. The highest BCUT2D eigenvalue weighted by molar-refractivity contribution is 7.90. The van der Waals surface area contributed by atoms with Gasteiger partial charge in [0.05, 0.1) is 17.1 Å². The van der Waals surface area contributed by atoms with Crippen LogP contribution in [0.5, 0.6) is 0 Å². The van der Waals surface area contributed by atoms with Gasteiger partial charge in [-0.15, -0.1) is 5.10 Å². The highest BCUT2D eigenvalue weighted by atomic mass is 32.2. The number of pyridine rings is 1. The molecule has 29 heavy (non-hydrogen) atoms. The zero-order valence-electron chi connectivity index (χ0n) is 16.1. The van der Waals surface area contributed by atoms with Crippen molar-refractivity contribution in [2.24, 2.45) is 0 Å². The standard InChI is InChI=1S/C19H24N6O2S2/c26-29(27,23-15-6-1-2-7-15)16-8-4-10-24(12-16)19-22-25-13-17(21-18(25)28-19)14-5-3-9-20-11-14/h3,5,9,11,13,15-16,23H,1-2,4,6-8,10,12H2. The van der Waals surface area contributed by atoms with E-state index in [2.05, 4.69) is 24.7 Å². The van der Waals surface area contributed by atoms with Gasteiger partial charge in [-0.3, -0.25) is 4.98 Å². The van der Waals surface area contributed by atoms with Gasteiger partial charge in [0, 0.05) is 37.1 Å². The summed E-state index contributed by atoms with van der Waals surface area (Å²) in [7, 11) is -3.31. The summed E-state index contributed by atoms with van der Waals surface area (Å²) in [5, 5.41) is 5.10. The number of nitrogens with one attached hydrogen (secondary N) is 1. The Balaban J connectivity index is 1.32. The predicted molar refractivity (Wildman–Crippen MR) is 114 cm³/mol. The fraction of sp³-hybridized carbons (Fsp3) is 0.526. The van der Waals surface area contributed by atoms with Gasteiger partial charge in [0.1, 0.15) is 0 Å². The van der Waals surface area contributed by atoms with E-state index in [1.165, 1.54) is 11.3 Å². The number of rotatable bonds is 5. The Kier molecular flexibility index (Phi) is 5.00. The molecule has 0 amide bonds. The summed E-state index contributed by atoms with van der Waals surface area (Å²) >= 11 is 1.50. The van der Waals surface area contributed by atoms with E-state index < -0.39 is 10.0 Å². The zero-order chi connectivity index (χ0) is 19.8. The van der Waals surface area contributed by atoms with Crippen LogP contribution in [0, 0.1) is 0 Å². The lowest BCUT2D eigenvalue weighted by Crippen LogP contribution is -2.48. The molecule has 1 saturated heterocycles. The first kappa shape index (κ1) is 19.0. The lowest BCUT2D eigenvalue weighted by Gasteiger charge is -2.32. The van der Waals surface area contributed by atoms with Crippen molar-refractivity contribution in [2.75, 3.05) is 18.0 Å². The molecule has 8 nitrogen and oxygen atoms in total. The molecule has 1 unspecified atom stereocenters. The van der Waals surface area contributed by atoms with Gasteiger partial charge in [-0.25, -0.2) is 22.6 Å². The second-order valence-corrected chi connectivity index (χ2v) is 10.8. The van der Waals surface area contributed by atoms with E-state index in [0.29, 0.717) is 13.0 Å². The van der Waals surface area contributed by atoms with Crippen LogP contribution in [0.4, 0.5) is 5.13 Å². The van der Waals surface area contributed by atoms with Gasteiger partial charge in [-0.1, -0.05) is 24.2 Å². The van der Waals surface area contributed by atoms with Gasteiger partial charge in [0.25, 0.3) is 0 Å². The van der Waals surface area contributed by atoms with Crippen LogP contribution in [-0.2, 0) is 10.0 Å². The Bertz CT molecular complexity index is 1060. The minimum Gasteiger partial charge on any atom is -0.345 e. The van der Waals surface area contributed by atoms with Crippen LogP contribution >= 0.6 is 11.3 Å². The molecule has 1 atom stereocenters. The van der Waals surface area contributed by atoms with Crippen LogP contribution in [0.2, 0.25) is 0 Å². The lowest BCUT2D eigenvalue weighted by molar-refractivity contribution is 0.505. The number of fused-ring (bicyclic) bond motifs is 1. The van der Waals surface area contributed by atoms with Crippen molar-refractivity contribution < 1.29 is 8.42 Å². The maximum absolute atomic E-state index is 12.9. The summed E-state index contributed by atoms with van der Waals surface area (Å²) in [5.41, 5.74) is 1.79. The summed E-state index contributed by atoms with van der Waals surface area (Å²) < 4.78 is 30.5. The Morgan fingerprint density at radius 3 is 2.79 bits per heavy atom. The number of hydrogen-bond donors (Lipinski definition) is 1. The monoisotopic (exact) mass is 432 g/mol. The average Bonchev–Trinajstić information content (AvgIpc) is 3.45. The number of sulfonamides is 1. The molecule has 0 aromatic carbocycles. The molecule has 0 bridgehead atoms. The van der Waals surface area contributed by atoms with Crippen molar-refractivity contribution in [3.8, 4) is 11.3 Å². The number of anilines is 1. The third kappa shape index (κ3) is 3.88. The van der Waals surface area contributed by atoms with E-state index >= 15 is 0 Å². The fourth-order valence-corrected chi connectivity index (χ4v) is 6.87. The Labute approximate surface area is 174 Å². The van der Waals surface area contributed by atoms with Gasteiger partial charge < -0.3 is 4.90 Å². The third-order valence-corrected chi connectivity index (χ3v) is 8.67. The summed E-state index contributed by atoms with van der Waals surface area (Å²) in [6.07, 6.45) is 11.1. The maximum Gasteiger partial charge on any atom is 0.216 e. The van der Waals surface area contributed by atoms with Crippen LogP contribution in [0.15, 0.2) is 30.7 Å². The van der Waals surface area contributed by atoms with Gasteiger partial charge in [-0.05, 0) is 37.8 Å². The quantitative estimate of drug-likeness (QED) is 0.666. The third-order valence-electron chi connectivity index (χ3n) is 5.76. The molecule has 0 radical (unpaired) electrons. The first-order chi connectivity index (χ1) is 14.1. The zero-order valence-corrected chi connectivity index (χ0v) is 17.7. The van der Waals surface area contributed by atoms with Crippen LogP contribution in [-0.4, -0.2) is 52.4 Å². The molecular formula is C19H24N6O2S2. The van der Waals surface area contributed by atoms with E-state index in [4.69, 9.17) is 0 Å². The van der Waals surface area contributed by atoms with Gasteiger partial charge in [-0.2, -0.15) is 0 Å². The first-order valence-electron chi connectivity index (χ1n) is 10.1. The fourth-order valence-electron chi connectivity index (χ4n) is 4.21. The Morgan fingerprint density at radius 2 is 2.03 bits per heavy atom. The van der Waals surface area contributed by atoms with E-state index in [1.807, 2.05) is 18.3 Å². The first-order valence-corrected chi connectivity index (χ1v) is 12.5. The van der Waals surface area contributed by atoms with E-state index in [9.17, 15) is 8.42 Å². The maximum atomic E-state index is 12.9. The van der Waals surface area contributed by atoms with Crippen LogP contribution in [0.3, 0.4) is 0 Å². The molecule has 2 aliphatic rings. The molecule has 10 heteroatoms. The SMILES string of the molecule is O=S(=O)(NC1CCCC1)C1CCCN(c2nn3cc(-c4cccnc4)nc3s2)C1. The van der Waals surface area contributed by atoms with Gasteiger partial charge >= 0.3 is 0 Å². The molecule has 1 N–H and O–H groups in total. The van der Waals surface area contributed by atoms with Gasteiger partial charge in [0.2, 0.25) is 20.1 Å². The Hall–Kier alpha value is -2.04. The number of nitrogens with zero attached hydrogens (tertiary/aromatic N) is 5. The number of imidazole rings is 1. The van der Waals surface area contributed by atoms with E-state index in [-0.39, 0.29) is 11.3 Å². The summed E-state index contributed by atoms with van der Waals surface area (Å²) in [6, 6.07) is 3.97. The molecular weight excluding hydrogens is 408 g/mol. The summed E-state index contributed by atoms with van der Waals surface area (Å²) in [6.45, 7) is 1.30. The van der Waals surface area contributed by atoms with Crippen LogP contribution in [0.25, 0.3) is 16.2 Å².